The second-order valence-corrected chi connectivity index (χ2v) is 3.41. The zero-order valence-corrected chi connectivity index (χ0v) is 8.53. The van der Waals surface area contributed by atoms with Gasteiger partial charge in [0.1, 0.15) is 11.5 Å². The standard InChI is InChI=1S/C10H5ClFNO3/c11-7-3-5(12)1-2-6(7)8-4-9(10(14)15)16-13-8/h1-4H,(H,14,15). The monoisotopic (exact) mass is 241 g/mol. The van der Waals surface area contributed by atoms with Gasteiger partial charge >= 0.3 is 5.97 Å². The molecule has 0 radical (unpaired) electrons. The highest BCUT2D eigenvalue weighted by Gasteiger charge is 2.14. The van der Waals surface area contributed by atoms with Gasteiger partial charge in [-0.3, -0.25) is 0 Å². The number of carboxylic acid groups (broad SMARTS) is 1. The van der Waals surface area contributed by atoms with Gasteiger partial charge in [-0.2, -0.15) is 0 Å². The van der Waals surface area contributed by atoms with E-state index in [0.717, 1.165) is 6.07 Å². The van der Waals surface area contributed by atoms with Crippen molar-refractivity contribution in [3.8, 4) is 11.3 Å². The lowest BCUT2D eigenvalue weighted by molar-refractivity contribution is 0.0652. The molecule has 0 atom stereocenters. The molecule has 2 rings (SSSR count). The quantitative estimate of drug-likeness (QED) is 0.878. The van der Waals surface area contributed by atoms with Crippen molar-refractivity contribution in [2.45, 2.75) is 0 Å². The molecule has 0 fully saturated rings. The summed E-state index contributed by atoms with van der Waals surface area (Å²) in [7, 11) is 0. The molecule has 0 saturated heterocycles. The fourth-order valence-electron chi connectivity index (χ4n) is 1.20. The number of benzene rings is 1. The van der Waals surface area contributed by atoms with Crippen LogP contribution in [0.1, 0.15) is 10.6 Å². The van der Waals surface area contributed by atoms with E-state index in [-0.39, 0.29) is 16.5 Å². The van der Waals surface area contributed by atoms with Crippen LogP contribution in [0.2, 0.25) is 5.02 Å². The topological polar surface area (TPSA) is 63.3 Å². The number of aromatic carboxylic acids is 1. The molecule has 0 aliphatic heterocycles. The second-order valence-electron chi connectivity index (χ2n) is 3.01. The second kappa shape index (κ2) is 3.94. The lowest BCUT2D eigenvalue weighted by Crippen LogP contribution is -1.91. The van der Waals surface area contributed by atoms with Crippen molar-refractivity contribution in [1.29, 1.82) is 0 Å². The van der Waals surface area contributed by atoms with E-state index in [0.29, 0.717) is 5.56 Å². The molecule has 4 nitrogen and oxygen atoms in total. The predicted octanol–water partition coefficient (Wildman–Crippen LogP) is 2.83. The van der Waals surface area contributed by atoms with Crippen molar-refractivity contribution >= 4 is 17.6 Å². The highest BCUT2D eigenvalue weighted by molar-refractivity contribution is 6.33. The Hall–Kier alpha value is -1.88. The van der Waals surface area contributed by atoms with Gasteiger partial charge in [0.2, 0.25) is 5.76 Å². The lowest BCUT2D eigenvalue weighted by atomic mass is 10.1. The SMILES string of the molecule is O=C(O)c1cc(-c2ccc(F)cc2Cl)no1. The minimum atomic E-state index is -1.23. The van der Waals surface area contributed by atoms with Gasteiger partial charge in [0, 0.05) is 11.6 Å². The first-order chi connectivity index (χ1) is 7.58. The fourth-order valence-corrected chi connectivity index (χ4v) is 1.46. The Labute approximate surface area is 94.2 Å². The number of aromatic nitrogens is 1. The van der Waals surface area contributed by atoms with E-state index in [1.54, 1.807) is 0 Å². The molecule has 6 heteroatoms. The summed E-state index contributed by atoms with van der Waals surface area (Å²) in [6, 6.07) is 4.95. The number of halogens is 2. The molecule has 0 unspecified atom stereocenters. The summed E-state index contributed by atoms with van der Waals surface area (Å²) in [5.41, 5.74) is 0.668. The summed E-state index contributed by atoms with van der Waals surface area (Å²) in [5, 5.41) is 12.3. The van der Waals surface area contributed by atoms with Crippen LogP contribution in [0.3, 0.4) is 0 Å². The van der Waals surface area contributed by atoms with E-state index in [2.05, 4.69) is 9.68 Å². The van der Waals surface area contributed by atoms with Crippen molar-refractivity contribution in [2.24, 2.45) is 0 Å². The van der Waals surface area contributed by atoms with E-state index in [1.165, 1.54) is 18.2 Å². The van der Waals surface area contributed by atoms with E-state index >= 15 is 0 Å². The molecule has 82 valence electrons. The van der Waals surface area contributed by atoms with Crippen LogP contribution in [0.5, 0.6) is 0 Å². The summed E-state index contributed by atoms with van der Waals surface area (Å²) >= 11 is 5.78. The van der Waals surface area contributed by atoms with E-state index in [9.17, 15) is 9.18 Å². The Morgan fingerprint density at radius 1 is 1.44 bits per heavy atom. The molecular formula is C10H5ClFNO3. The Balaban J connectivity index is 2.46. The molecule has 0 bridgehead atoms. The molecule has 16 heavy (non-hydrogen) atoms. The molecule has 1 heterocycles. The van der Waals surface area contributed by atoms with Crippen molar-refractivity contribution in [3.05, 3.63) is 40.9 Å². The summed E-state index contributed by atoms with van der Waals surface area (Å²) < 4.78 is 17.3. The largest absolute Gasteiger partial charge is 0.475 e. The molecule has 1 aromatic heterocycles. The van der Waals surface area contributed by atoms with Gasteiger partial charge in [-0.1, -0.05) is 16.8 Å². The van der Waals surface area contributed by atoms with Crippen molar-refractivity contribution < 1.29 is 18.8 Å². The lowest BCUT2D eigenvalue weighted by Gasteiger charge is -1.98. The van der Waals surface area contributed by atoms with Crippen LogP contribution < -0.4 is 0 Å². The molecule has 0 amide bonds. The number of hydrogen-bond acceptors (Lipinski definition) is 3. The van der Waals surface area contributed by atoms with Crippen LogP contribution in [-0.2, 0) is 0 Å². The zero-order valence-electron chi connectivity index (χ0n) is 7.78. The molecule has 0 saturated carbocycles. The number of hydrogen-bond donors (Lipinski definition) is 1. The third kappa shape index (κ3) is 1.90. The van der Waals surface area contributed by atoms with Crippen LogP contribution in [-0.4, -0.2) is 16.2 Å². The Morgan fingerprint density at radius 2 is 2.19 bits per heavy atom. The first kappa shape index (κ1) is 10.6. The summed E-state index contributed by atoms with van der Waals surface area (Å²) in [4.78, 5) is 10.6. The third-order valence-electron chi connectivity index (χ3n) is 1.93. The van der Waals surface area contributed by atoms with E-state index in [1.807, 2.05) is 0 Å². The van der Waals surface area contributed by atoms with Crippen LogP contribution in [0, 0.1) is 5.82 Å². The number of carboxylic acids is 1. The van der Waals surface area contributed by atoms with Gasteiger partial charge in [0.25, 0.3) is 0 Å². The minimum absolute atomic E-state index is 0.144. The van der Waals surface area contributed by atoms with Gasteiger partial charge in [0.15, 0.2) is 0 Å². The molecule has 0 aliphatic carbocycles. The first-order valence-electron chi connectivity index (χ1n) is 4.23. The van der Waals surface area contributed by atoms with Gasteiger partial charge < -0.3 is 9.63 Å². The van der Waals surface area contributed by atoms with Crippen LogP contribution >= 0.6 is 11.6 Å². The zero-order chi connectivity index (χ0) is 11.7. The first-order valence-corrected chi connectivity index (χ1v) is 4.61. The Bertz CT molecular complexity index is 553. The molecule has 2 aromatic rings. The maximum atomic E-state index is 12.8. The highest BCUT2D eigenvalue weighted by atomic mass is 35.5. The van der Waals surface area contributed by atoms with Gasteiger partial charge in [0.05, 0.1) is 5.02 Å². The van der Waals surface area contributed by atoms with Crippen LogP contribution in [0.25, 0.3) is 11.3 Å². The Morgan fingerprint density at radius 3 is 2.75 bits per heavy atom. The summed E-state index contributed by atoms with van der Waals surface area (Å²) in [5.74, 6) is -2.00. The summed E-state index contributed by atoms with van der Waals surface area (Å²) in [6.45, 7) is 0. The van der Waals surface area contributed by atoms with Crippen molar-refractivity contribution in [2.75, 3.05) is 0 Å². The smallest absolute Gasteiger partial charge is 0.374 e. The fraction of sp³-hybridized carbons (Fsp3) is 0. The number of rotatable bonds is 2. The highest BCUT2D eigenvalue weighted by Crippen LogP contribution is 2.27. The Kier molecular flexibility index (Phi) is 2.62. The molecule has 0 aliphatic rings. The minimum Gasteiger partial charge on any atom is -0.475 e. The molecule has 1 aromatic carbocycles. The normalized spacial score (nSPS) is 10.4. The van der Waals surface area contributed by atoms with Gasteiger partial charge in [-0.15, -0.1) is 0 Å². The van der Waals surface area contributed by atoms with Gasteiger partial charge in [-0.05, 0) is 18.2 Å². The van der Waals surface area contributed by atoms with E-state index < -0.39 is 11.8 Å². The maximum absolute atomic E-state index is 12.8. The molecule has 1 N–H and O–H groups in total. The van der Waals surface area contributed by atoms with Crippen molar-refractivity contribution in [3.63, 3.8) is 0 Å². The van der Waals surface area contributed by atoms with E-state index in [4.69, 9.17) is 16.7 Å². The number of carbonyl (C=O) groups is 1. The number of nitrogens with zero attached hydrogens (tertiary/aromatic N) is 1. The van der Waals surface area contributed by atoms with Gasteiger partial charge in [-0.25, -0.2) is 9.18 Å². The van der Waals surface area contributed by atoms with Crippen LogP contribution in [0.15, 0.2) is 28.8 Å². The molecular weight excluding hydrogens is 237 g/mol. The average Bonchev–Trinajstić information content (AvgIpc) is 2.66. The predicted molar refractivity (Wildman–Crippen MR) is 53.9 cm³/mol. The third-order valence-corrected chi connectivity index (χ3v) is 2.24. The average molecular weight is 242 g/mol. The maximum Gasteiger partial charge on any atom is 0.374 e. The van der Waals surface area contributed by atoms with Crippen LogP contribution in [0.4, 0.5) is 4.39 Å². The summed E-state index contributed by atoms with van der Waals surface area (Å²) in [6.07, 6.45) is 0. The van der Waals surface area contributed by atoms with Crippen molar-refractivity contribution in [1.82, 2.24) is 5.16 Å². The molecule has 0 spiro atoms.